The molecule has 0 spiro atoms. The average Bonchev–Trinajstić information content (AvgIpc) is 2.30. The minimum atomic E-state index is 0.0412. The van der Waals surface area contributed by atoms with E-state index in [1.165, 1.54) is 6.42 Å². The van der Waals surface area contributed by atoms with Crippen LogP contribution in [0.2, 0.25) is 5.02 Å². The lowest BCUT2D eigenvalue weighted by atomic mass is 10.2. The number of amides is 1. The number of hydrogen-bond donors (Lipinski definition) is 1. The zero-order valence-electron chi connectivity index (χ0n) is 8.78. The number of thioether (sulfide) groups is 1. The van der Waals surface area contributed by atoms with Gasteiger partial charge in [-0.2, -0.15) is 0 Å². The van der Waals surface area contributed by atoms with Crippen molar-refractivity contribution in [3.63, 3.8) is 0 Å². The van der Waals surface area contributed by atoms with Gasteiger partial charge in [0, 0.05) is 11.2 Å². The second-order valence-corrected chi connectivity index (χ2v) is 5.45. The highest BCUT2D eigenvalue weighted by molar-refractivity contribution is 8.00. The third-order valence-electron chi connectivity index (χ3n) is 2.45. The largest absolute Gasteiger partial charge is 0.310 e. The molecular weight excluding hydrogens is 244 g/mol. The lowest BCUT2D eigenvalue weighted by Crippen LogP contribution is -2.27. The standard InChI is InChI=1S/C11H13ClN2OS/c12-8-4-5-13-10(7-8)14-11(15)9-3-1-2-6-16-9/h4-5,7,9H,1-3,6H2,(H,13,14,15). The number of rotatable bonds is 2. The molecule has 2 heterocycles. The van der Waals surface area contributed by atoms with Crippen LogP contribution in [0.25, 0.3) is 0 Å². The highest BCUT2D eigenvalue weighted by Crippen LogP contribution is 2.26. The van der Waals surface area contributed by atoms with Gasteiger partial charge in [0.15, 0.2) is 0 Å². The number of aromatic nitrogens is 1. The molecule has 3 nitrogen and oxygen atoms in total. The first-order valence-corrected chi connectivity index (χ1v) is 6.72. The number of carbonyl (C=O) groups excluding carboxylic acids is 1. The van der Waals surface area contributed by atoms with E-state index in [1.807, 2.05) is 0 Å². The Balaban J connectivity index is 1.96. The monoisotopic (exact) mass is 256 g/mol. The van der Waals surface area contributed by atoms with Crippen molar-refractivity contribution in [3.8, 4) is 0 Å². The quantitative estimate of drug-likeness (QED) is 0.885. The molecule has 2 rings (SSSR count). The fourth-order valence-electron chi connectivity index (χ4n) is 1.63. The van der Waals surface area contributed by atoms with Crippen LogP contribution < -0.4 is 5.32 Å². The summed E-state index contributed by atoms with van der Waals surface area (Å²) < 4.78 is 0. The van der Waals surface area contributed by atoms with Crippen molar-refractivity contribution in [2.75, 3.05) is 11.1 Å². The van der Waals surface area contributed by atoms with Crippen LogP contribution in [-0.2, 0) is 4.79 Å². The zero-order valence-corrected chi connectivity index (χ0v) is 10.4. The molecule has 1 aliphatic heterocycles. The van der Waals surface area contributed by atoms with Gasteiger partial charge in [0.2, 0.25) is 5.91 Å². The summed E-state index contributed by atoms with van der Waals surface area (Å²) in [7, 11) is 0. The number of nitrogens with zero attached hydrogens (tertiary/aromatic N) is 1. The van der Waals surface area contributed by atoms with Gasteiger partial charge in [0.25, 0.3) is 0 Å². The van der Waals surface area contributed by atoms with Gasteiger partial charge in [0.05, 0.1) is 5.25 Å². The molecule has 1 aromatic rings. The molecule has 1 aromatic heterocycles. The van der Waals surface area contributed by atoms with Crippen LogP contribution in [0, 0.1) is 0 Å². The fraction of sp³-hybridized carbons (Fsp3) is 0.455. The molecule has 0 saturated carbocycles. The molecule has 1 N–H and O–H groups in total. The summed E-state index contributed by atoms with van der Waals surface area (Å²) in [5.41, 5.74) is 0. The summed E-state index contributed by atoms with van der Waals surface area (Å²) in [6.45, 7) is 0. The average molecular weight is 257 g/mol. The van der Waals surface area contributed by atoms with Crippen LogP contribution in [0.15, 0.2) is 18.3 Å². The molecule has 1 amide bonds. The van der Waals surface area contributed by atoms with E-state index in [1.54, 1.807) is 30.1 Å². The zero-order chi connectivity index (χ0) is 11.4. The normalized spacial score (nSPS) is 20.4. The first-order chi connectivity index (χ1) is 7.75. The van der Waals surface area contributed by atoms with Crippen molar-refractivity contribution in [2.24, 2.45) is 0 Å². The minimum absolute atomic E-state index is 0.0412. The topological polar surface area (TPSA) is 42.0 Å². The Morgan fingerprint density at radius 2 is 2.44 bits per heavy atom. The van der Waals surface area contributed by atoms with Crippen LogP contribution >= 0.6 is 23.4 Å². The number of halogens is 1. The molecule has 0 radical (unpaired) electrons. The van der Waals surface area contributed by atoms with Crippen molar-refractivity contribution in [2.45, 2.75) is 24.5 Å². The fourth-order valence-corrected chi connectivity index (χ4v) is 2.99. The van der Waals surface area contributed by atoms with E-state index in [4.69, 9.17) is 11.6 Å². The van der Waals surface area contributed by atoms with Crippen LogP contribution in [0.4, 0.5) is 5.82 Å². The predicted molar refractivity (Wildman–Crippen MR) is 68.0 cm³/mol. The van der Waals surface area contributed by atoms with E-state index >= 15 is 0 Å². The number of carbonyl (C=O) groups is 1. The van der Waals surface area contributed by atoms with E-state index in [0.29, 0.717) is 10.8 Å². The maximum atomic E-state index is 11.9. The van der Waals surface area contributed by atoms with E-state index < -0.39 is 0 Å². The van der Waals surface area contributed by atoms with Crippen molar-refractivity contribution < 1.29 is 4.79 Å². The SMILES string of the molecule is O=C(Nc1cc(Cl)ccn1)C1CCCCS1. The lowest BCUT2D eigenvalue weighted by Gasteiger charge is -2.20. The third-order valence-corrected chi connectivity index (χ3v) is 4.06. The van der Waals surface area contributed by atoms with Gasteiger partial charge in [-0.05, 0) is 30.7 Å². The molecule has 0 aliphatic carbocycles. The number of hydrogen-bond acceptors (Lipinski definition) is 3. The van der Waals surface area contributed by atoms with Crippen molar-refractivity contribution in [1.29, 1.82) is 0 Å². The number of anilines is 1. The Hall–Kier alpha value is -0.740. The maximum absolute atomic E-state index is 11.9. The first-order valence-electron chi connectivity index (χ1n) is 5.30. The van der Waals surface area contributed by atoms with Crippen LogP contribution in [0.5, 0.6) is 0 Å². The van der Waals surface area contributed by atoms with Crippen molar-refractivity contribution in [1.82, 2.24) is 4.98 Å². The highest BCUT2D eigenvalue weighted by Gasteiger charge is 2.21. The smallest absolute Gasteiger partial charge is 0.238 e. The highest BCUT2D eigenvalue weighted by atomic mass is 35.5. The minimum Gasteiger partial charge on any atom is -0.310 e. The Morgan fingerprint density at radius 3 is 3.12 bits per heavy atom. The van der Waals surface area contributed by atoms with Crippen molar-refractivity contribution >= 4 is 35.1 Å². The molecule has 1 atom stereocenters. The summed E-state index contributed by atoms with van der Waals surface area (Å²) >= 11 is 7.54. The van der Waals surface area contributed by atoms with Crippen LogP contribution in [0.1, 0.15) is 19.3 Å². The van der Waals surface area contributed by atoms with Gasteiger partial charge < -0.3 is 5.32 Å². The van der Waals surface area contributed by atoms with Gasteiger partial charge in [0.1, 0.15) is 5.82 Å². The molecule has 1 saturated heterocycles. The van der Waals surface area contributed by atoms with E-state index in [-0.39, 0.29) is 11.2 Å². The van der Waals surface area contributed by atoms with E-state index in [0.717, 1.165) is 18.6 Å². The van der Waals surface area contributed by atoms with Crippen molar-refractivity contribution in [3.05, 3.63) is 23.4 Å². The van der Waals surface area contributed by atoms with Gasteiger partial charge >= 0.3 is 0 Å². The maximum Gasteiger partial charge on any atom is 0.238 e. The molecule has 16 heavy (non-hydrogen) atoms. The molecule has 1 aliphatic rings. The summed E-state index contributed by atoms with van der Waals surface area (Å²) in [4.78, 5) is 15.9. The second-order valence-electron chi connectivity index (χ2n) is 3.70. The summed E-state index contributed by atoms with van der Waals surface area (Å²) in [6.07, 6.45) is 4.89. The van der Waals surface area contributed by atoms with Gasteiger partial charge in [-0.1, -0.05) is 18.0 Å². The second kappa shape index (κ2) is 5.55. The van der Waals surface area contributed by atoms with Gasteiger partial charge in [-0.3, -0.25) is 4.79 Å². The van der Waals surface area contributed by atoms with E-state index in [9.17, 15) is 4.79 Å². The lowest BCUT2D eigenvalue weighted by molar-refractivity contribution is -0.115. The number of nitrogens with one attached hydrogen (secondary N) is 1. The number of pyridine rings is 1. The van der Waals surface area contributed by atoms with E-state index in [2.05, 4.69) is 10.3 Å². The molecule has 0 bridgehead atoms. The third kappa shape index (κ3) is 3.12. The van der Waals surface area contributed by atoms with Crippen LogP contribution in [-0.4, -0.2) is 21.9 Å². The molecule has 0 aromatic carbocycles. The Morgan fingerprint density at radius 1 is 1.56 bits per heavy atom. The van der Waals surface area contributed by atoms with Gasteiger partial charge in [-0.25, -0.2) is 4.98 Å². The van der Waals surface area contributed by atoms with Gasteiger partial charge in [-0.15, -0.1) is 11.8 Å². The Labute approximate surface area is 104 Å². The summed E-state index contributed by atoms with van der Waals surface area (Å²) in [5.74, 6) is 1.64. The molecule has 1 fully saturated rings. The Bertz CT molecular complexity index is 380. The molecule has 5 heteroatoms. The predicted octanol–water partition coefficient (Wildman–Crippen LogP) is 2.96. The Kier molecular flexibility index (Phi) is 4.07. The van der Waals surface area contributed by atoms with Crippen LogP contribution in [0.3, 0.4) is 0 Å². The first kappa shape index (κ1) is 11.7. The summed E-state index contributed by atoms with van der Waals surface area (Å²) in [6, 6.07) is 3.35. The molecule has 1 unspecified atom stereocenters. The summed E-state index contributed by atoms with van der Waals surface area (Å²) in [5, 5.41) is 3.45. The molecule has 86 valence electrons. The molecular formula is C11H13ClN2OS.